The maximum atomic E-state index is 5.47. The zero-order chi connectivity index (χ0) is 14.5. The van der Waals surface area contributed by atoms with Crippen LogP contribution in [0.4, 0.5) is 0 Å². The number of rotatable bonds is 5. The minimum Gasteiger partial charge on any atom is -0.496 e. The van der Waals surface area contributed by atoms with E-state index in [2.05, 4.69) is 34.2 Å². The first-order valence-electron chi connectivity index (χ1n) is 7.29. The van der Waals surface area contributed by atoms with Gasteiger partial charge in [0.25, 0.3) is 0 Å². The largest absolute Gasteiger partial charge is 0.496 e. The van der Waals surface area contributed by atoms with Crippen molar-refractivity contribution in [3.8, 4) is 11.5 Å². The summed E-state index contributed by atoms with van der Waals surface area (Å²) in [6, 6.07) is 4.64. The standard InChI is InChI=1S/C16H24BrNO2/c1-11-6-4-5-7-14(11)18-10-12-8-13(17)16(20-3)9-15(12)19-2/h8-9,11,14,18H,4-7,10H2,1-3H3/t11-,14-/m1/s1. The van der Waals surface area contributed by atoms with Crippen LogP contribution in [0.25, 0.3) is 0 Å². The van der Waals surface area contributed by atoms with Crippen molar-refractivity contribution < 1.29 is 9.47 Å². The molecule has 1 aromatic carbocycles. The average Bonchev–Trinajstić information content (AvgIpc) is 2.46. The zero-order valence-electron chi connectivity index (χ0n) is 12.5. The quantitative estimate of drug-likeness (QED) is 0.873. The van der Waals surface area contributed by atoms with Crippen LogP contribution in [0.3, 0.4) is 0 Å². The summed E-state index contributed by atoms with van der Waals surface area (Å²) in [5, 5.41) is 3.69. The van der Waals surface area contributed by atoms with Gasteiger partial charge in [-0.15, -0.1) is 0 Å². The predicted molar refractivity (Wildman–Crippen MR) is 85.5 cm³/mol. The van der Waals surface area contributed by atoms with Crippen LogP contribution in [-0.2, 0) is 6.54 Å². The summed E-state index contributed by atoms with van der Waals surface area (Å²) in [6.45, 7) is 3.18. The Hall–Kier alpha value is -0.740. The van der Waals surface area contributed by atoms with Gasteiger partial charge in [-0.1, -0.05) is 19.8 Å². The van der Waals surface area contributed by atoms with E-state index in [1.54, 1.807) is 14.2 Å². The Bertz CT molecular complexity index is 450. The Labute approximate surface area is 130 Å². The van der Waals surface area contributed by atoms with E-state index in [1.807, 2.05) is 6.07 Å². The molecule has 0 aromatic heterocycles. The fourth-order valence-electron chi connectivity index (χ4n) is 2.92. The molecule has 1 saturated carbocycles. The Kier molecular flexibility index (Phi) is 5.73. The molecule has 112 valence electrons. The van der Waals surface area contributed by atoms with Gasteiger partial charge in [0.15, 0.2) is 0 Å². The molecule has 1 aromatic rings. The molecule has 0 bridgehead atoms. The lowest BCUT2D eigenvalue weighted by Crippen LogP contribution is -2.36. The van der Waals surface area contributed by atoms with Crippen molar-refractivity contribution in [1.29, 1.82) is 0 Å². The summed E-state index contributed by atoms with van der Waals surface area (Å²) < 4.78 is 11.7. The van der Waals surface area contributed by atoms with Crippen LogP contribution >= 0.6 is 15.9 Å². The number of halogens is 1. The first kappa shape index (κ1) is 15.6. The van der Waals surface area contributed by atoms with Gasteiger partial charge in [-0.25, -0.2) is 0 Å². The van der Waals surface area contributed by atoms with Crippen LogP contribution in [-0.4, -0.2) is 20.3 Å². The van der Waals surface area contributed by atoms with Crippen LogP contribution in [0.2, 0.25) is 0 Å². The van der Waals surface area contributed by atoms with Crippen LogP contribution in [0.1, 0.15) is 38.2 Å². The number of hydrogen-bond donors (Lipinski definition) is 1. The van der Waals surface area contributed by atoms with Crippen molar-refractivity contribution in [3.05, 3.63) is 22.2 Å². The molecule has 1 fully saturated rings. The molecule has 3 nitrogen and oxygen atoms in total. The monoisotopic (exact) mass is 341 g/mol. The maximum Gasteiger partial charge on any atom is 0.136 e. The van der Waals surface area contributed by atoms with E-state index in [4.69, 9.17) is 9.47 Å². The smallest absolute Gasteiger partial charge is 0.136 e. The Balaban J connectivity index is 2.06. The average molecular weight is 342 g/mol. The molecule has 2 rings (SSSR count). The second kappa shape index (κ2) is 7.32. The third-order valence-corrected chi connectivity index (χ3v) is 4.84. The SMILES string of the molecule is COc1cc(OC)c(CN[C@@H]2CCCC[C@H]2C)cc1Br. The third kappa shape index (κ3) is 3.67. The van der Waals surface area contributed by atoms with Crippen molar-refractivity contribution in [2.24, 2.45) is 5.92 Å². The highest BCUT2D eigenvalue weighted by molar-refractivity contribution is 9.10. The first-order chi connectivity index (χ1) is 9.65. The Morgan fingerprint density at radius 1 is 1.15 bits per heavy atom. The topological polar surface area (TPSA) is 30.5 Å². The molecule has 4 heteroatoms. The molecule has 0 radical (unpaired) electrons. The Morgan fingerprint density at radius 2 is 1.85 bits per heavy atom. The van der Waals surface area contributed by atoms with E-state index >= 15 is 0 Å². The van der Waals surface area contributed by atoms with E-state index in [9.17, 15) is 0 Å². The van der Waals surface area contributed by atoms with Crippen LogP contribution < -0.4 is 14.8 Å². The number of nitrogens with one attached hydrogen (secondary N) is 1. The summed E-state index contributed by atoms with van der Waals surface area (Å²) in [5.74, 6) is 2.44. The van der Waals surface area contributed by atoms with Gasteiger partial charge in [0.2, 0.25) is 0 Å². The van der Waals surface area contributed by atoms with Gasteiger partial charge in [-0.2, -0.15) is 0 Å². The molecule has 0 spiro atoms. The summed E-state index contributed by atoms with van der Waals surface area (Å²) in [5.41, 5.74) is 1.16. The van der Waals surface area contributed by atoms with E-state index in [0.717, 1.165) is 34.0 Å². The first-order valence-corrected chi connectivity index (χ1v) is 8.08. The minimum atomic E-state index is 0.620. The third-order valence-electron chi connectivity index (χ3n) is 4.22. The van der Waals surface area contributed by atoms with Gasteiger partial charge in [0.05, 0.1) is 18.7 Å². The van der Waals surface area contributed by atoms with E-state index in [0.29, 0.717) is 6.04 Å². The molecule has 1 aliphatic carbocycles. The second-order valence-corrected chi connectivity index (χ2v) is 6.40. The highest BCUT2D eigenvalue weighted by Crippen LogP contribution is 2.33. The van der Waals surface area contributed by atoms with Gasteiger partial charge >= 0.3 is 0 Å². The van der Waals surface area contributed by atoms with Gasteiger partial charge in [-0.05, 0) is 40.8 Å². The highest BCUT2D eigenvalue weighted by Gasteiger charge is 2.21. The molecule has 0 amide bonds. The lowest BCUT2D eigenvalue weighted by atomic mass is 9.86. The fourth-order valence-corrected chi connectivity index (χ4v) is 3.47. The molecule has 1 aliphatic rings. The van der Waals surface area contributed by atoms with Gasteiger partial charge in [0.1, 0.15) is 11.5 Å². The Morgan fingerprint density at radius 3 is 2.50 bits per heavy atom. The highest BCUT2D eigenvalue weighted by atomic mass is 79.9. The molecule has 0 unspecified atom stereocenters. The normalized spacial score (nSPS) is 22.6. The van der Waals surface area contributed by atoms with E-state index in [-0.39, 0.29) is 0 Å². The number of ether oxygens (including phenoxy) is 2. The minimum absolute atomic E-state index is 0.620. The van der Waals surface area contributed by atoms with E-state index < -0.39 is 0 Å². The van der Waals surface area contributed by atoms with Crippen molar-refractivity contribution >= 4 is 15.9 Å². The molecule has 2 atom stereocenters. The van der Waals surface area contributed by atoms with Crippen molar-refractivity contribution in [2.45, 2.75) is 45.2 Å². The molecule has 20 heavy (non-hydrogen) atoms. The number of methoxy groups -OCH3 is 2. The van der Waals surface area contributed by atoms with Crippen molar-refractivity contribution in [2.75, 3.05) is 14.2 Å². The lowest BCUT2D eigenvalue weighted by molar-refractivity contribution is 0.278. The van der Waals surface area contributed by atoms with Crippen molar-refractivity contribution in [1.82, 2.24) is 5.32 Å². The second-order valence-electron chi connectivity index (χ2n) is 5.55. The molecule has 0 heterocycles. The van der Waals surface area contributed by atoms with Gasteiger partial charge in [-0.3, -0.25) is 0 Å². The molecule has 1 N–H and O–H groups in total. The van der Waals surface area contributed by atoms with Crippen molar-refractivity contribution in [3.63, 3.8) is 0 Å². The molecular weight excluding hydrogens is 318 g/mol. The van der Waals surface area contributed by atoms with E-state index in [1.165, 1.54) is 25.7 Å². The van der Waals surface area contributed by atoms with Crippen LogP contribution in [0.15, 0.2) is 16.6 Å². The zero-order valence-corrected chi connectivity index (χ0v) is 14.1. The summed E-state index contributed by atoms with van der Waals surface area (Å²) in [7, 11) is 3.37. The van der Waals surface area contributed by atoms with Crippen LogP contribution in [0, 0.1) is 5.92 Å². The number of benzene rings is 1. The van der Waals surface area contributed by atoms with Crippen LogP contribution in [0.5, 0.6) is 11.5 Å². The molecular formula is C16H24BrNO2. The summed E-state index contributed by atoms with van der Waals surface area (Å²) >= 11 is 3.54. The molecule has 0 aliphatic heterocycles. The lowest BCUT2D eigenvalue weighted by Gasteiger charge is -2.30. The fraction of sp³-hybridized carbons (Fsp3) is 0.625. The summed E-state index contributed by atoms with van der Waals surface area (Å²) in [4.78, 5) is 0. The molecule has 0 saturated heterocycles. The summed E-state index contributed by atoms with van der Waals surface area (Å²) in [6.07, 6.45) is 5.32. The van der Waals surface area contributed by atoms with Gasteiger partial charge in [0, 0.05) is 24.2 Å². The maximum absolute atomic E-state index is 5.47. The van der Waals surface area contributed by atoms with Gasteiger partial charge < -0.3 is 14.8 Å². The number of hydrogen-bond acceptors (Lipinski definition) is 3. The predicted octanol–water partition coefficient (Wildman–Crippen LogP) is 4.13.